The predicted molar refractivity (Wildman–Crippen MR) is 87.9 cm³/mol. The first-order valence-corrected chi connectivity index (χ1v) is 8.15. The Morgan fingerprint density at radius 2 is 2.00 bits per heavy atom. The van der Waals surface area contributed by atoms with Gasteiger partial charge in [-0.05, 0) is 54.7 Å². The lowest BCUT2D eigenvalue weighted by Gasteiger charge is -2.14. The fourth-order valence-electron chi connectivity index (χ4n) is 2.74. The Morgan fingerprint density at radius 1 is 1.27 bits per heavy atom. The Balaban J connectivity index is 1.60. The summed E-state index contributed by atoms with van der Waals surface area (Å²) in [6.45, 7) is 1.98. The van der Waals surface area contributed by atoms with Gasteiger partial charge in [0.15, 0.2) is 0 Å². The first-order chi connectivity index (χ1) is 10.5. The SMILES string of the molecule is CC(NC(=O)C1CC1c1ccc(F)cc1)c1cccc(Br)c1. The van der Waals surface area contributed by atoms with Crippen LogP contribution in [0.2, 0.25) is 0 Å². The molecule has 1 aliphatic rings. The van der Waals surface area contributed by atoms with E-state index in [1.165, 1.54) is 12.1 Å². The minimum Gasteiger partial charge on any atom is -0.349 e. The van der Waals surface area contributed by atoms with Crippen LogP contribution in [-0.4, -0.2) is 5.91 Å². The number of hydrogen-bond acceptors (Lipinski definition) is 1. The normalized spacial score (nSPS) is 21.2. The highest BCUT2D eigenvalue weighted by Gasteiger charge is 2.44. The van der Waals surface area contributed by atoms with E-state index in [0.29, 0.717) is 0 Å². The number of amides is 1. The molecule has 0 heterocycles. The zero-order valence-corrected chi connectivity index (χ0v) is 13.8. The lowest BCUT2D eigenvalue weighted by Crippen LogP contribution is -2.28. The van der Waals surface area contributed by atoms with Gasteiger partial charge < -0.3 is 5.32 Å². The number of carbonyl (C=O) groups excluding carboxylic acids is 1. The van der Waals surface area contributed by atoms with Crippen molar-refractivity contribution in [1.82, 2.24) is 5.32 Å². The van der Waals surface area contributed by atoms with E-state index in [1.54, 1.807) is 12.1 Å². The zero-order chi connectivity index (χ0) is 15.7. The van der Waals surface area contributed by atoms with E-state index >= 15 is 0 Å². The molecule has 0 radical (unpaired) electrons. The molecule has 22 heavy (non-hydrogen) atoms. The molecule has 2 aromatic carbocycles. The van der Waals surface area contributed by atoms with E-state index in [2.05, 4.69) is 21.2 Å². The minimum absolute atomic E-state index is 0.0000594. The summed E-state index contributed by atoms with van der Waals surface area (Å²) in [5, 5.41) is 3.06. The van der Waals surface area contributed by atoms with Crippen molar-refractivity contribution in [2.45, 2.75) is 25.3 Å². The molecule has 1 fully saturated rings. The number of benzene rings is 2. The molecule has 2 aromatic rings. The topological polar surface area (TPSA) is 29.1 Å². The first kappa shape index (κ1) is 15.2. The van der Waals surface area contributed by atoms with Gasteiger partial charge in [-0.15, -0.1) is 0 Å². The van der Waals surface area contributed by atoms with Crippen LogP contribution >= 0.6 is 15.9 Å². The van der Waals surface area contributed by atoms with Gasteiger partial charge in [-0.3, -0.25) is 4.79 Å². The van der Waals surface area contributed by atoms with Gasteiger partial charge in [-0.25, -0.2) is 4.39 Å². The van der Waals surface area contributed by atoms with Crippen molar-refractivity contribution in [2.75, 3.05) is 0 Å². The average Bonchev–Trinajstić information content (AvgIpc) is 3.28. The molecule has 0 bridgehead atoms. The standard InChI is InChI=1S/C18H17BrFNO/c1-11(13-3-2-4-14(19)9-13)21-18(22)17-10-16(17)12-5-7-15(20)8-6-12/h2-9,11,16-17H,10H2,1H3,(H,21,22). The van der Waals surface area contributed by atoms with Gasteiger partial charge in [0, 0.05) is 10.4 Å². The maximum Gasteiger partial charge on any atom is 0.224 e. The van der Waals surface area contributed by atoms with Crippen molar-refractivity contribution in [3.05, 3.63) is 69.9 Å². The van der Waals surface area contributed by atoms with Crippen LogP contribution in [0.5, 0.6) is 0 Å². The fraction of sp³-hybridized carbons (Fsp3) is 0.278. The number of hydrogen-bond donors (Lipinski definition) is 1. The van der Waals surface area contributed by atoms with Crippen LogP contribution in [0, 0.1) is 11.7 Å². The summed E-state index contributed by atoms with van der Waals surface area (Å²) >= 11 is 3.44. The maximum atomic E-state index is 12.9. The van der Waals surface area contributed by atoms with Crippen molar-refractivity contribution in [2.24, 2.45) is 5.92 Å². The lowest BCUT2D eigenvalue weighted by molar-refractivity contribution is -0.123. The molecule has 0 aromatic heterocycles. The van der Waals surface area contributed by atoms with Gasteiger partial charge in [0.05, 0.1) is 6.04 Å². The van der Waals surface area contributed by atoms with Crippen molar-refractivity contribution in [1.29, 1.82) is 0 Å². The minimum atomic E-state index is -0.242. The van der Waals surface area contributed by atoms with E-state index in [1.807, 2.05) is 31.2 Å². The van der Waals surface area contributed by atoms with E-state index in [4.69, 9.17) is 0 Å². The van der Waals surface area contributed by atoms with Crippen LogP contribution in [0.1, 0.15) is 36.4 Å². The van der Waals surface area contributed by atoms with Gasteiger partial charge in [0.1, 0.15) is 5.82 Å². The van der Waals surface area contributed by atoms with E-state index in [0.717, 1.165) is 22.0 Å². The average molecular weight is 362 g/mol. The monoisotopic (exact) mass is 361 g/mol. The van der Waals surface area contributed by atoms with Crippen molar-refractivity contribution in [3.63, 3.8) is 0 Å². The summed E-state index contributed by atoms with van der Waals surface area (Å²) in [7, 11) is 0. The lowest BCUT2D eigenvalue weighted by atomic mass is 10.1. The Bertz CT molecular complexity index is 686. The van der Waals surface area contributed by atoms with E-state index < -0.39 is 0 Å². The molecule has 114 valence electrons. The molecule has 0 aliphatic heterocycles. The van der Waals surface area contributed by atoms with Gasteiger partial charge in [0.25, 0.3) is 0 Å². The second kappa shape index (κ2) is 6.21. The van der Waals surface area contributed by atoms with Gasteiger partial charge in [0.2, 0.25) is 5.91 Å². The molecular formula is C18H17BrFNO. The predicted octanol–water partition coefficient (Wildman–Crippen LogP) is 4.57. The van der Waals surface area contributed by atoms with Crippen LogP contribution in [0.4, 0.5) is 4.39 Å². The largest absolute Gasteiger partial charge is 0.349 e. The highest BCUT2D eigenvalue weighted by molar-refractivity contribution is 9.10. The third-order valence-electron chi connectivity index (χ3n) is 4.13. The molecular weight excluding hydrogens is 345 g/mol. The Labute approximate surface area is 137 Å². The molecule has 0 saturated heterocycles. The van der Waals surface area contributed by atoms with Crippen LogP contribution in [0.3, 0.4) is 0 Å². The van der Waals surface area contributed by atoms with Gasteiger partial charge in [-0.1, -0.05) is 40.2 Å². The molecule has 3 atom stereocenters. The van der Waals surface area contributed by atoms with Crippen molar-refractivity contribution < 1.29 is 9.18 Å². The van der Waals surface area contributed by atoms with Gasteiger partial charge in [-0.2, -0.15) is 0 Å². The molecule has 1 aliphatic carbocycles. The number of carbonyl (C=O) groups is 1. The van der Waals surface area contributed by atoms with Gasteiger partial charge >= 0.3 is 0 Å². The second-order valence-electron chi connectivity index (χ2n) is 5.79. The van der Waals surface area contributed by atoms with Crippen molar-refractivity contribution >= 4 is 21.8 Å². The second-order valence-corrected chi connectivity index (χ2v) is 6.70. The van der Waals surface area contributed by atoms with Crippen LogP contribution in [0.25, 0.3) is 0 Å². The highest BCUT2D eigenvalue weighted by Crippen LogP contribution is 2.47. The number of nitrogens with one attached hydrogen (secondary N) is 1. The summed E-state index contributed by atoms with van der Waals surface area (Å²) < 4.78 is 13.9. The third kappa shape index (κ3) is 3.38. The molecule has 3 rings (SSSR count). The van der Waals surface area contributed by atoms with Crippen LogP contribution in [0.15, 0.2) is 53.0 Å². The summed E-state index contributed by atoms with van der Waals surface area (Å²) in [5.41, 5.74) is 2.11. The smallest absolute Gasteiger partial charge is 0.224 e. The summed E-state index contributed by atoms with van der Waals surface area (Å²) in [6.07, 6.45) is 0.836. The molecule has 1 N–H and O–H groups in total. The highest BCUT2D eigenvalue weighted by atomic mass is 79.9. The number of rotatable bonds is 4. The van der Waals surface area contributed by atoms with E-state index in [-0.39, 0.29) is 29.6 Å². The molecule has 1 saturated carbocycles. The first-order valence-electron chi connectivity index (χ1n) is 7.36. The Morgan fingerprint density at radius 3 is 2.68 bits per heavy atom. The van der Waals surface area contributed by atoms with Crippen LogP contribution < -0.4 is 5.32 Å². The summed E-state index contributed by atoms with van der Waals surface area (Å²) in [5.74, 6) is 0.0471. The van der Waals surface area contributed by atoms with E-state index in [9.17, 15) is 9.18 Å². The Hall–Kier alpha value is -1.68. The fourth-order valence-corrected chi connectivity index (χ4v) is 3.16. The molecule has 0 spiro atoms. The summed E-state index contributed by atoms with van der Waals surface area (Å²) in [4.78, 5) is 12.3. The Kier molecular flexibility index (Phi) is 4.30. The molecule has 2 nitrogen and oxygen atoms in total. The van der Waals surface area contributed by atoms with Crippen LogP contribution in [-0.2, 0) is 4.79 Å². The van der Waals surface area contributed by atoms with Crippen molar-refractivity contribution in [3.8, 4) is 0 Å². The quantitative estimate of drug-likeness (QED) is 0.848. The number of halogens is 2. The summed E-state index contributed by atoms with van der Waals surface area (Å²) in [6, 6.07) is 14.3. The molecule has 1 amide bonds. The third-order valence-corrected chi connectivity index (χ3v) is 4.63. The molecule has 3 unspecified atom stereocenters. The zero-order valence-electron chi connectivity index (χ0n) is 12.2. The maximum absolute atomic E-state index is 12.9. The molecule has 4 heteroatoms.